The van der Waals surface area contributed by atoms with Crippen LogP contribution in [-0.4, -0.2) is 27.3 Å². The molecule has 0 aliphatic heterocycles. The Morgan fingerprint density at radius 3 is 2.78 bits per heavy atom. The molecule has 0 spiro atoms. The topological polar surface area (TPSA) is 79.3 Å². The summed E-state index contributed by atoms with van der Waals surface area (Å²) in [6.07, 6.45) is 5.18. The maximum Gasteiger partial charge on any atom is 0.328 e. The number of carboxylic acids is 1. The summed E-state index contributed by atoms with van der Waals surface area (Å²) in [5.41, 5.74) is 0.663. The second-order valence-electron chi connectivity index (χ2n) is 3.49. The number of carbonyl (C=O) groups excluding carboxylic acids is 1. The number of hydrogen-bond donors (Lipinski definition) is 2. The SMILES string of the molecule is O=C(O)/C=C/c1ccc(NC(=O)CCCBr)nc1. The van der Waals surface area contributed by atoms with Crippen LogP contribution in [0.25, 0.3) is 6.08 Å². The molecule has 1 aromatic rings. The van der Waals surface area contributed by atoms with E-state index in [1.54, 1.807) is 12.1 Å². The van der Waals surface area contributed by atoms with Gasteiger partial charge in [-0.15, -0.1) is 0 Å². The van der Waals surface area contributed by atoms with Crippen LogP contribution in [-0.2, 0) is 9.59 Å². The molecule has 5 nitrogen and oxygen atoms in total. The molecule has 1 amide bonds. The lowest BCUT2D eigenvalue weighted by Crippen LogP contribution is -2.12. The first-order valence-electron chi connectivity index (χ1n) is 5.34. The van der Waals surface area contributed by atoms with Gasteiger partial charge in [-0.2, -0.15) is 0 Å². The quantitative estimate of drug-likeness (QED) is 0.624. The first-order chi connectivity index (χ1) is 8.61. The van der Waals surface area contributed by atoms with Gasteiger partial charge in [0.2, 0.25) is 5.91 Å². The van der Waals surface area contributed by atoms with E-state index in [9.17, 15) is 9.59 Å². The minimum absolute atomic E-state index is 0.0872. The highest BCUT2D eigenvalue weighted by molar-refractivity contribution is 9.09. The van der Waals surface area contributed by atoms with Crippen LogP contribution in [0.3, 0.4) is 0 Å². The van der Waals surface area contributed by atoms with Crippen molar-refractivity contribution in [3.8, 4) is 0 Å². The van der Waals surface area contributed by atoms with E-state index in [1.165, 1.54) is 12.3 Å². The molecular weight excluding hydrogens is 300 g/mol. The number of nitrogens with one attached hydrogen (secondary N) is 1. The molecular formula is C12H13BrN2O3. The molecule has 0 aliphatic carbocycles. The zero-order chi connectivity index (χ0) is 13.4. The number of pyridine rings is 1. The molecule has 0 saturated carbocycles. The molecule has 0 bridgehead atoms. The molecule has 0 aliphatic rings. The number of nitrogens with zero attached hydrogens (tertiary/aromatic N) is 1. The van der Waals surface area contributed by atoms with Crippen molar-refractivity contribution >= 4 is 39.7 Å². The summed E-state index contributed by atoms with van der Waals surface area (Å²) < 4.78 is 0. The summed E-state index contributed by atoms with van der Waals surface area (Å²) in [5.74, 6) is -0.639. The van der Waals surface area contributed by atoms with Crippen molar-refractivity contribution in [1.29, 1.82) is 0 Å². The first kappa shape index (κ1) is 14.4. The fraction of sp³-hybridized carbons (Fsp3) is 0.250. The van der Waals surface area contributed by atoms with Gasteiger partial charge in [0.15, 0.2) is 0 Å². The van der Waals surface area contributed by atoms with Gasteiger partial charge < -0.3 is 10.4 Å². The lowest BCUT2D eigenvalue weighted by Gasteiger charge is -2.03. The third-order valence-corrected chi connectivity index (χ3v) is 2.57. The standard InChI is InChI=1S/C12H13BrN2O3/c13-7-1-2-11(16)15-10-5-3-9(8-14-10)4-6-12(17)18/h3-6,8H,1-2,7H2,(H,17,18)(H,14,15,16)/b6-4+. The highest BCUT2D eigenvalue weighted by Crippen LogP contribution is 2.07. The number of halogens is 1. The number of hydrogen-bond acceptors (Lipinski definition) is 3. The average molecular weight is 313 g/mol. The van der Waals surface area contributed by atoms with Gasteiger partial charge in [0.05, 0.1) is 0 Å². The summed E-state index contributed by atoms with van der Waals surface area (Å²) in [6.45, 7) is 0. The van der Waals surface area contributed by atoms with Crippen LogP contribution >= 0.6 is 15.9 Å². The van der Waals surface area contributed by atoms with Crippen LogP contribution in [0.4, 0.5) is 5.82 Å². The lowest BCUT2D eigenvalue weighted by molar-refractivity contribution is -0.131. The summed E-state index contributed by atoms with van der Waals surface area (Å²) in [5, 5.41) is 11.9. The third kappa shape index (κ3) is 5.58. The predicted octanol–water partition coefficient (Wildman–Crippen LogP) is 2.29. The molecule has 2 N–H and O–H groups in total. The Morgan fingerprint density at radius 2 is 2.22 bits per heavy atom. The molecule has 1 rings (SSSR count). The molecule has 18 heavy (non-hydrogen) atoms. The maximum atomic E-state index is 11.4. The van der Waals surface area contributed by atoms with E-state index in [2.05, 4.69) is 26.2 Å². The van der Waals surface area contributed by atoms with E-state index in [-0.39, 0.29) is 5.91 Å². The normalized spacial score (nSPS) is 10.5. The smallest absolute Gasteiger partial charge is 0.328 e. The Balaban J connectivity index is 2.55. The minimum atomic E-state index is -1.01. The minimum Gasteiger partial charge on any atom is -0.478 e. The monoisotopic (exact) mass is 312 g/mol. The Bertz CT molecular complexity index is 443. The number of aliphatic carboxylic acids is 1. The molecule has 1 heterocycles. The fourth-order valence-electron chi connectivity index (χ4n) is 1.18. The molecule has 0 fully saturated rings. The van der Waals surface area contributed by atoms with Crippen LogP contribution in [0.1, 0.15) is 18.4 Å². The fourth-order valence-corrected chi connectivity index (χ4v) is 1.46. The van der Waals surface area contributed by atoms with Crippen LogP contribution < -0.4 is 5.32 Å². The molecule has 1 aromatic heterocycles. The third-order valence-electron chi connectivity index (χ3n) is 2.01. The number of carboxylic acid groups (broad SMARTS) is 1. The summed E-state index contributed by atoms with van der Waals surface area (Å²) in [6, 6.07) is 3.32. The number of amides is 1. The molecule has 96 valence electrons. The largest absolute Gasteiger partial charge is 0.478 e. The Labute approximate surface area is 113 Å². The molecule has 0 unspecified atom stereocenters. The highest BCUT2D eigenvalue weighted by atomic mass is 79.9. The van der Waals surface area contributed by atoms with E-state index < -0.39 is 5.97 Å². The van der Waals surface area contributed by atoms with Gasteiger partial charge in [0, 0.05) is 24.0 Å². The number of anilines is 1. The van der Waals surface area contributed by atoms with E-state index in [1.807, 2.05) is 0 Å². The Morgan fingerprint density at radius 1 is 1.44 bits per heavy atom. The molecule has 0 radical (unpaired) electrons. The zero-order valence-corrected chi connectivity index (χ0v) is 11.2. The van der Waals surface area contributed by atoms with Crippen molar-refractivity contribution in [3.63, 3.8) is 0 Å². The second kappa shape index (κ2) is 7.60. The number of alkyl halides is 1. The highest BCUT2D eigenvalue weighted by Gasteiger charge is 2.02. The van der Waals surface area contributed by atoms with Gasteiger partial charge in [-0.1, -0.05) is 15.9 Å². The first-order valence-corrected chi connectivity index (χ1v) is 6.47. The molecule has 6 heteroatoms. The predicted molar refractivity (Wildman–Crippen MR) is 72.6 cm³/mol. The molecule has 0 aromatic carbocycles. The van der Waals surface area contributed by atoms with Crippen molar-refractivity contribution in [1.82, 2.24) is 4.98 Å². The van der Waals surface area contributed by atoms with Crippen molar-refractivity contribution in [2.24, 2.45) is 0 Å². The summed E-state index contributed by atoms with van der Waals surface area (Å²) >= 11 is 3.25. The molecule has 0 saturated heterocycles. The van der Waals surface area contributed by atoms with E-state index in [0.717, 1.165) is 17.8 Å². The zero-order valence-electron chi connectivity index (χ0n) is 9.60. The Kier molecular flexibility index (Phi) is 6.07. The van der Waals surface area contributed by atoms with Crippen LogP contribution in [0, 0.1) is 0 Å². The van der Waals surface area contributed by atoms with E-state index in [4.69, 9.17) is 5.11 Å². The van der Waals surface area contributed by atoms with Gasteiger partial charge in [-0.3, -0.25) is 4.79 Å². The summed E-state index contributed by atoms with van der Waals surface area (Å²) in [7, 11) is 0. The van der Waals surface area contributed by atoms with Crippen molar-refractivity contribution < 1.29 is 14.7 Å². The number of rotatable bonds is 6. The van der Waals surface area contributed by atoms with Crippen molar-refractivity contribution in [3.05, 3.63) is 30.0 Å². The van der Waals surface area contributed by atoms with Crippen molar-refractivity contribution in [2.45, 2.75) is 12.8 Å². The van der Waals surface area contributed by atoms with E-state index in [0.29, 0.717) is 17.8 Å². The van der Waals surface area contributed by atoms with Gasteiger partial charge in [0.1, 0.15) is 5.82 Å². The average Bonchev–Trinajstić information content (AvgIpc) is 2.35. The van der Waals surface area contributed by atoms with Crippen LogP contribution in [0.5, 0.6) is 0 Å². The molecule has 0 atom stereocenters. The van der Waals surface area contributed by atoms with Crippen molar-refractivity contribution in [2.75, 3.05) is 10.6 Å². The summed E-state index contributed by atoms with van der Waals surface area (Å²) in [4.78, 5) is 25.7. The maximum absolute atomic E-state index is 11.4. The number of aromatic nitrogens is 1. The van der Waals surface area contributed by atoms with Gasteiger partial charge in [0.25, 0.3) is 0 Å². The Hall–Kier alpha value is -1.69. The van der Waals surface area contributed by atoms with Gasteiger partial charge in [-0.25, -0.2) is 9.78 Å². The number of carbonyl (C=O) groups is 2. The van der Waals surface area contributed by atoms with Crippen LogP contribution in [0.15, 0.2) is 24.4 Å². The van der Waals surface area contributed by atoms with Gasteiger partial charge >= 0.3 is 5.97 Å². The van der Waals surface area contributed by atoms with Gasteiger partial charge in [-0.05, 0) is 30.2 Å². The van der Waals surface area contributed by atoms with Crippen LogP contribution in [0.2, 0.25) is 0 Å². The second-order valence-corrected chi connectivity index (χ2v) is 4.28. The van der Waals surface area contributed by atoms with E-state index >= 15 is 0 Å². The lowest BCUT2D eigenvalue weighted by atomic mass is 10.2.